The van der Waals surface area contributed by atoms with Crippen LogP contribution in [0.4, 0.5) is 5.69 Å². The molecule has 172 valence electrons. The molecule has 0 spiro atoms. The Morgan fingerprint density at radius 2 is 1.91 bits per heavy atom. The second-order valence-electron chi connectivity index (χ2n) is 7.14. The van der Waals surface area contributed by atoms with Gasteiger partial charge in [-0.1, -0.05) is 49.2 Å². The van der Waals surface area contributed by atoms with Gasteiger partial charge in [0.2, 0.25) is 0 Å². The molecule has 32 heavy (non-hydrogen) atoms. The first-order valence-electron chi connectivity index (χ1n) is 10.2. The molecule has 0 fully saturated rings. The summed E-state index contributed by atoms with van der Waals surface area (Å²) in [6.45, 7) is 7.02. The number of hydrogen-bond acceptors (Lipinski definition) is 5. The summed E-state index contributed by atoms with van der Waals surface area (Å²) in [6.07, 6.45) is 3.17. The summed E-state index contributed by atoms with van der Waals surface area (Å²) in [5.74, 6) is -1.33. The van der Waals surface area contributed by atoms with E-state index < -0.39 is 28.5 Å². The lowest BCUT2D eigenvalue weighted by atomic mass is 10.2. The van der Waals surface area contributed by atoms with Crippen molar-refractivity contribution < 1.29 is 22.7 Å². The number of benzene rings is 2. The first-order chi connectivity index (χ1) is 15.2. The van der Waals surface area contributed by atoms with Gasteiger partial charge in [-0.2, -0.15) is 0 Å². The predicted molar refractivity (Wildman–Crippen MR) is 125 cm³/mol. The van der Waals surface area contributed by atoms with Gasteiger partial charge in [0.05, 0.1) is 27.7 Å². The van der Waals surface area contributed by atoms with Crippen molar-refractivity contribution in [2.75, 3.05) is 17.5 Å². The fourth-order valence-electron chi connectivity index (χ4n) is 3.03. The molecule has 7 nitrogen and oxygen atoms in total. The van der Waals surface area contributed by atoms with Gasteiger partial charge in [0.15, 0.2) is 6.61 Å². The smallest absolute Gasteiger partial charge is 0.340 e. The van der Waals surface area contributed by atoms with E-state index >= 15 is 0 Å². The first-order valence-corrected chi connectivity index (χ1v) is 12.0. The number of carbonyl (C=O) groups is 2. The third kappa shape index (κ3) is 6.58. The fraction of sp³-hybridized carbons (Fsp3) is 0.304. The molecule has 0 saturated heterocycles. The summed E-state index contributed by atoms with van der Waals surface area (Å²) in [6, 6.07) is 12.3. The van der Waals surface area contributed by atoms with Crippen molar-refractivity contribution in [1.29, 1.82) is 0 Å². The monoisotopic (exact) mass is 478 g/mol. The molecule has 0 aliphatic carbocycles. The quantitative estimate of drug-likeness (QED) is 0.386. The zero-order valence-corrected chi connectivity index (χ0v) is 19.7. The number of halogens is 1. The van der Waals surface area contributed by atoms with Gasteiger partial charge in [-0.15, -0.1) is 6.58 Å². The zero-order chi connectivity index (χ0) is 23.7. The number of esters is 1. The van der Waals surface area contributed by atoms with Crippen molar-refractivity contribution in [3.63, 3.8) is 0 Å². The second-order valence-corrected chi connectivity index (χ2v) is 9.40. The Hall–Kier alpha value is -2.84. The number of amides is 1. The van der Waals surface area contributed by atoms with Crippen LogP contribution >= 0.6 is 11.6 Å². The van der Waals surface area contributed by atoms with Crippen molar-refractivity contribution in [1.82, 2.24) is 5.32 Å². The van der Waals surface area contributed by atoms with Crippen LogP contribution in [-0.4, -0.2) is 39.5 Å². The first kappa shape index (κ1) is 25.4. The van der Waals surface area contributed by atoms with Crippen molar-refractivity contribution in [3.05, 3.63) is 71.8 Å². The molecule has 1 atom stereocenters. The van der Waals surface area contributed by atoms with E-state index in [2.05, 4.69) is 11.9 Å². The van der Waals surface area contributed by atoms with E-state index in [1.54, 1.807) is 30.3 Å². The number of nitrogens with one attached hydrogen (secondary N) is 1. The minimum Gasteiger partial charge on any atom is -0.452 e. The highest BCUT2D eigenvalue weighted by atomic mass is 35.5. The predicted octanol–water partition coefficient (Wildman–Crippen LogP) is 4.18. The normalized spacial score (nSPS) is 12.0. The molecule has 0 bridgehead atoms. The van der Waals surface area contributed by atoms with Crippen LogP contribution in [0.15, 0.2) is 66.1 Å². The van der Waals surface area contributed by atoms with E-state index in [1.165, 1.54) is 22.5 Å². The third-order valence-corrected chi connectivity index (χ3v) is 6.67. The molecule has 0 aromatic heterocycles. The number of ether oxygens (including phenoxy) is 1. The Balaban J connectivity index is 2.24. The number of carbonyl (C=O) groups excluding carboxylic acids is 2. The maximum absolute atomic E-state index is 13.3. The van der Waals surface area contributed by atoms with E-state index in [9.17, 15) is 18.0 Å². The molecule has 2 aromatic rings. The maximum atomic E-state index is 13.3. The number of hydrogen-bond donors (Lipinski definition) is 1. The molecular formula is C23H27ClN2O5S. The summed E-state index contributed by atoms with van der Waals surface area (Å²) in [4.78, 5) is 24.3. The van der Waals surface area contributed by atoms with Gasteiger partial charge >= 0.3 is 5.97 Å². The van der Waals surface area contributed by atoms with Gasteiger partial charge in [-0.05, 0) is 43.7 Å². The topological polar surface area (TPSA) is 92.8 Å². The maximum Gasteiger partial charge on any atom is 0.340 e. The molecule has 1 N–H and O–H groups in total. The van der Waals surface area contributed by atoms with E-state index in [4.69, 9.17) is 16.3 Å². The number of anilines is 1. The average molecular weight is 479 g/mol. The molecule has 1 amide bonds. The van der Waals surface area contributed by atoms with Gasteiger partial charge in [0.25, 0.3) is 15.9 Å². The lowest BCUT2D eigenvalue weighted by Gasteiger charge is -2.23. The van der Waals surface area contributed by atoms with Crippen LogP contribution in [0, 0.1) is 0 Å². The lowest BCUT2D eigenvalue weighted by Crippen LogP contribution is -2.35. The second kappa shape index (κ2) is 11.7. The Labute approximate surface area is 194 Å². The Morgan fingerprint density at radius 3 is 2.53 bits per heavy atom. The number of para-hydroxylation sites is 1. The largest absolute Gasteiger partial charge is 0.452 e. The summed E-state index contributed by atoms with van der Waals surface area (Å²) in [5, 5.41) is 2.74. The SMILES string of the molecule is C=CCN(c1ccccc1)S(=O)(=O)c1ccc(Cl)c(C(=O)OCC(=O)NC(C)CCC)c1. The number of rotatable bonds is 11. The van der Waals surface area contributed by atoms with E-state index in [-0.39, 0.29) is 28.1 Å². The molecule has 0 aliphatic rings. The summed E-state index contributed by atoms with van der Waals surface area (Å²) in [7, 11) is -4.03. The van der Waals surface area contributed by atoms with Gasteiger partial charge < -0.3 is 10.1 Å². The van der Waals surface area contributed by atoms with Gasteiger partial charge in [0, 0.05) is 6.04 Å². The van der Waals surface area contributed by atoms with Crippen LogP contribution in [-0.2, 0) is 19.6 Å². The van der Waals surface area contributed by atoms with Crippen LogP contribution in [0.5, 0.6) is 0 Å². The summed E-state index contributed by atoms with van der Waals surface area (Å²) >= 11 is 6.11. The van der Waals surface area contributed by atoms with Gasteiger partial charge in [-0.3, -0.25) is 9.10 Å². The Morgan fingerprint density at radius 1 is 1.22 bits per heavy atom. The van der Waals surface area contributed by atoms with Crippen LogP contribution in [0.2, 0.25) is 5.02 Å². The highest BCUT2D eigenvalue weighted by Gasteiger charge is 2.26. The Bertz CT molecular complexity index is 1060. The van der Waals surface area contributed by atoms with Gasteiger partial charge in [0.1, 0.15) is 0 Å². The minimum atomic E-state index is -4.03. The lowest BCUT2D eigenvalue weighted by molar-refractivity contribution is -0.124. The standard InChI is InChI=1S/C23H27ClN2O5S/c1-4-9-17(3)25-22(27)16-31-23(28)20-15-19(12-13-21(20)24)32(29,30)26(14-5-2)18-10-7-6-8-11-18/h5-8,10-13,15,17H,2,4,9,14,16H2,1,3H3,(H,25,27). The van der Waals surface area contributed by atoms with E-state index in [0.717, 1.165) is 18.9 Å². The van der Waals surface area contributed by atoms with Crippen LogP contribution in [0.1, 0.15) is 37.0 Å². The summed E-state index contributed by atoms with van der Waals surface area (Å²) in [5.41, 5.74) is 0.304. The van der Waals surface area contributed by atoms with Crippen molar-refractivity contribution in [2.45, 2.75) is 37.6 Å². The molecule has 0 saturated carbocycles. The molecule has 1 unspecified atom stereocenters. The van der Waals surface area contributed by atoms with Crippen molar-refractivity contribution in [2.24, 2.45) is 0 Å². The molecule has 0 heterocycles. The Kier molecular flexibility index (Phi) is 9.28. The molecular weight excluding hydrogens is 452 g/mol. The summed E-state index contributed by atoms with van der Waals surface area (Å²) < 4.78 is 32.8. The van der Waals surface area contributed by atoms with E-state index in [1.807, 2.05) is 13.8 Å². The molecule has 9 heteroatoms. The molecule has 2 aromatic carbocycles. The van der Waals surface area contributed by atoms with Crippen molar-refractivity contribution in [3.8, 4) is 0 Å². The van der Waals surface area contributed by atoms with Crippen molar-refractivity contribution >= 4 is 39.2 Å². The fourth-order valence-corrected chi connectivity index (χ4v) is 4.69. The number of nitrogens with zero attached hydrogens (tertiary/aromatic N) is 1. The third-order valence-electron chi connectivity index (χ3n) is 4.55. The number of sulfonamides is 1. The van der Waals surface area contributed by atoms with Crippen LogP contribution < -0.4 is 9.62 Å². The van der Waals surface area contributed by atoms with Gasteiger partial charge in [-0.25, -0.2) is 13.2 Å². The average Bonchev–Trinajstić information content (AvgIpc) is 2.76. The van der Waals surface area contributed by atoms with Crippen LogP contribution in [0.3, 0.4) is 0 Å². The molecule has 2 rings (SSSR count). The van der Waals surface area contributed by atoms with E-state index in [0.29, 0.717) is 5.69 Å². The van der Waals surface area contributed by atoms with Crippen LogP contribution in [0.25, 0.3) is 0 Å². The molecule has 0 aliphatic heterocycles. The highest BCUT2D eigenvalue weighted by Crippen LogP contribution is 2.27. The zero-order valence-electron chi connectivity index (χ0n) is 18.1. The molecule has 0 radical (unpaired) electrons. The minimum absolute atomic E-state index is 0.0173. The highest BCUT2D eigenvalue weighted by molar-refractivity contribution is 7.92.